The molecule has 3 heteroatoms. The first kappa shape index (κ1) is 12.7. The Labute approximate surface area is 67.7 Å². The maximum Gasteiger partial charge on any atom is 0.336 e. The molecule has 11 heavy (non-hydrogen) atoms. The van der Waals surface area contributed by atoms with Crippen LogP contribution >= 0.6 is 0 Å². The number of ether oxygens (including phenoxy) is 1. The van der Waals surface area contributed by atoms with Crippen molar-refractivity contribution in [3.8, 4) is 0 Å². The Kier molecular flexibility index (Phi) is 8.20. The molecule has 0 aromatic heterocycles. The van der Waals surface area contributed by atoms with Gasteiger partial charge >= 0.3 is 5.97 Å². The number of carbonyl (C=O) groups excluding carboxylic acids is 1. The molecule has 0 amide bonds. The van der Waals surface area contributed by atoms with Gasteiger partial charge in [0, 0.05) is 0 Å². The van der Waals surface area contributed by atoms with Crippen LogP contribution in [-0.2, 0) is 9.53 Å². The third kappa shape index (κ3) is 5.45. The van der Waals surface area contributed by atoms with Crippen molar-refractivity contribution in [1.29, 1.82) is 0 Å². The highest BCUT2D eigenvalue weighted by Gasteiger charge is 2.02. The summed E-state index contributed by atoms with van der Waals surface area (Å²) in [5.74, 6) is -0.454. The van der Waals surface area contributed by atoms with Crippen LogP contribution in [0.15, 0.2) is 11.8 Å². The summed E-state index contributed by atoms with van der Waals surface area (Å²) < 4.78 is 4.68. The molecule has 0 spiro atoms. The van der Waals surface area contributed by atoms with Gasteiger partial charge in [-0.25, -0.2) is 4.79 Å². The second-order valence-corrected chi connectivity index (χ2v) is 1.95. The number of esters is 1. The van der Waals surface area contributed by atoms with Gasteiger partial charge in [-0.05, 0) is 13.3 Å². The third-order valence-electron chi connectivity index (χ3n) is 0.953. The third-order valence-corrected chi connectivity index (χ3v) is 0.953. The summed E-state index contributed by atoms with van der Waals surface area (Å²) in [6, 6.07) is 0. The van der Waals surface area contributed by atoms with Crippen LogP contribution in [0.25, 0.3) is 0 Å². The summed E-state index contributed by atoms with van der Waals surface area (Å²) in [7, 11) is 0. The molecule has 1 radical (unpaired) electrons. The number of hydrogen-bond acceptors (Lipinski definition) is 3. The zero-order valence-corrected chi connectivity index (χ0v) is 7.26. The normalized spacial score (nSPS) is 10.2. The van der Waals surface area contributed by atoms with E-state index in [1.807, 2.05) is 6.92 Å². The molecule has 0 aliphatic rings. The molecule has 0 unspecified atom stereocenters. The lowest BCUT2D eigenvalue weighted by Gasteiger charge is -2.00. The first-order valence-corrected chi connectivity index (χ1v) is 3.20. The molecule has 0 aliphatic heterocycles. The predicted octanol–water partition coefficient (Wildman–Crippen LogP) is 1.85. The summed E-state index contributed by atoms with van der Waals surface area (Å²) in [6.45, 7) is 3.81. The first-order chi connectivity index (χ1) is 4.72. The van der Waals surface area contributed by atoms with Gasteiger partial charge in [-0.15, -0.1) is 0 Å². The van der Waals surface area contributed by atoms with E-state index < -0.39 is 5.97 Å². The van der Waals surface area contributed by atoms with Gasteiger partial charge in [0.05, 0.1) is 18.4 Å². The van der Waals surface area contributed by atoms with E-state index in [2.05, 4.69) is 4.74 Å². The molecule has 0 aliphatic carbocycles. The molecule has 0 bridgehead atoms. The number of carbonyl (C=O) groups is 1. The van der Waals surface area contributed by atoms with Crippen molar-refractivity contribution in [2.45, 2.75) is 20.3 Å². The van der Waals surface area contributed by atoms with Gasteiger partial charge in [-0.2, -0.15) is 0 Å². The van der Waals surface area contributed by atoms with Crippen molar-refractivity contribution >= 4 is 5.97 Å². The molecular formula is C8H15O3. The molecule has 0 aromatic carbocycles. The Bertz CT molecular complexity index is 138. The van der Waals surface area contributed by atoms with Gasteiger partial charge in [-0.3, -0.25) is 0 Å². The molecule has 3 nitrogen and oxygen atoms in total. The second-order valence-electron chi connectivity index (χ2n) is 1.95. The summed E-state index contributed by atoms with van der Waals surface area (Å²) in [4.78, 5) is 10.7. The first-order valence-electron chi connectivity index (χ1n) is 3.20. The topological polar surface area (TPSA) is 46.5 Å². The smallest absolute Gasteiger partial charge is 0.336 e. The van der Waals surface area contributed by atoms with Gasteiger partial charge in [0.1, 0.15) is 0 Å². The Morgan fingerprint density at radius 2 is 2.18 bits per heavy atom. The Hall–Kier alpha value is -0.990. The van der Waals surface area contributed by atoms with Crippen molar-refractivity contribution in [2.24, 2.45) is 0 Å². The minimum Gasteiger partial charge on any atom is -0.515 e. The Balaban J connectivity index is 0. The lowest BCUT2D eigenvalue weighted by Crippen LogP contribution is -2.06. The van der Waals surface area contributed by atoms with Crippen LogP contribution in [-0.4, -0.2) is 17.7 Å². The summed E-state index contributed by atoms with van der Waals surface area (Å²) in [6.07, 6.45) is 1.54. The fourth-order valence-electron chi connectivity index (χ4n) is 0.361. The van der Waals surface area contributed by atoms with Gasteiger partial charge in [0.15, 0.2) is 0 Å². The quantitative estimate of drug-likeness (QED) is 0.388. The zero-order valence-electron chi connectivity index (χ0n) is 7.26. The maximum absolute atomic E-state index is 10.7. The largest absolute Gasteiger partial charge is 0.515 e. The molecule has 0 saturated heterocycles. The molecule has 1 N–H and O–H groups in total. The molecule has 0 rings (SSSR count). The van der Waals surface area contributed by atoms with Crippen LogP contribution in [0.1, 0.15) is 20.3 Å². The number of hydrogen-bond donors (Lipinski definition) is 1. The van der Waals surface area contributed by atoms with Crippen molar-refractivity contribution in [2.75, 3.05) is 6.61 Å². The van der Waals surface area contributed by atoms with Crippen molar-refractivity contribution in [3.05, 3.63) is 19.3 Å². The van der Waals surface area contributed by atoms with Crippen molar-refractivity contribution in [1.82, 2.24) is 0 Å². The summed E-state index contributed by atoms with van der Waals surface area (Å²) in [5, 5.41) is 8.34. The standard InChI is InChI=1S/C7H12O3.CH3/c1-3-4-10-7(9)6(2)5-8;/h5,8H,3-4H2,1-2H3;1H3. The van der Waals surface area contributed by atoms with E-state index in [9.17, 15) is 4.79 Å². The lowest BCUT2D eigenvalue weighted by molar-refractivity contribution is -0.139. The SMILES string of the molecule is CCCOC(=O)C(C)=CO.[CH3]. The number of rotatable bonds is 3. The summed E-state index contributed by atoms with van der Waals surface area (Å²) >= 11 is 0. The Morgan fingerprint density at radius 1 is 1.64 bits per heavy atom. The van der Waals surface area contributed by atoms with E-state index in [0.29, 0.717) is 6.61 Å². The van der Waals surface area contributed by atoms with E-state index in [0.717, 1.165) is 12.7 Å². The van der Waals surface area contributed by atoms with E-state index in [4.69, 9.17) is 5.11 Å². The van der Waals surface area contributed by atoms with E-state index in [1.54, 1.807) is 0 Å². The van der Waals surface area contributed by atoms with Gasteiger partial charge in [0.25, 0.3) is 0 Å². The highest BCUT2D eigenvalue weighted by atomic mass is 16.5. The van der Waals surface area contributed by atoms with Crippen LogP contribution in [0.5, 0.6) is 0 Å². The van der Waals surface area contributed by atoms with Gasteiger partial charge in [0.2, 0.25) is 0 Å². The average Bonchev–Trinajstić information content (AvgIpc) is 1.98. The predicted molar refractivity (Wildman–Crippen MR) is 44.0 cm³/mol. The zero-order chi connectivity index (χ0) is 7.98. The molecular weight excluding hydrogens is 144 g/mol. The Morgan fingerprint density at radius 3 is 2.55 bits per heavy atom. The monoisotopic (exact) mass is 159 g/mol. The molecule has 0 saturated carbocycles. The van der Waals surface area contributed by atoms with Crippen LogP contribution in [0, 0.1) is 7.43 Å². The van der Waals surface area contributed by atoms with Crippen LogP contribution in [0.2, 0.25) is 0 Å². The van der Waals surface area contributed by atoms with Crippen LogP contribution in [0.3, 0.4) is 0 Å². The maximum atomic E-state index is 10.7. The number of aliphatic hydroxyl groups excluding tert-OH is 1. The fraction of sp³-hybridized carbons (Fsp3) is 0.500. The van der Waals surface area contributed by atoms with E-state index in [-0.39, 0.29) is 13.0 Å². The number of aliphatic hydroxyl groups is 1. The minimum absolute atomic E-state index is 0. The lowest BCUT2D eigenvalue weighted by atomic mass is 10.3. The van der Waals surface area contributed by atoms with Crippen molar-refractivity contribution in [3.63, 3.8) is 0 Å². The fourth-order valence-corrected chi connectivity index (χ4v) is 0.361. The average molecular weight is 159 g/mol. The van der Waals surface area contributed by atoms with Gasteiger partial charge in [-0.1, -0.05) is 14.4 Å². The minimum atomic E-state index is -0.454. The van der Waals surface area contributed by atoms with Gasteiger partial charge < -0.3 is 9.84 Å². The molecule has 0 atom stereocenters. The summed E-state index contributed by atoms with van der Waals surface area (Å²) in [5.41, 5.74) is 0.230. The van der Waals surface area contributed by atoms with Crippen LogP contribution in [0.4, 0.5) is 0 Å². The molecule has 0 aromatic rings. The van der Waals surface area contributed by atoms with E-state index >= 15 is 0 Å². The molecule has 65 valence electrons. The molecule has 0 heterocycles. The second kappa shape index (κ2) is 7.12. The van der Waals surface area contributed by atoms with Crippen LogP contribution < -0.4 is 0 Å². The highest BCUT2D eigenvalue weighted by Crippen LogP contribution is 1.94. The van der Waals surface area contributed by atoms with E-state index in [1.165, 1.54) is 6.92 Å². The highest BCUT2D eigenvalue weighted by molar-refractivity contribution is 5.87. The van der Waals surface area contributed by atoms with Crippen molar-refractivity contribution < 1.29 is 14.6 Å². The molecule has 0 fully saturated rings.